The maximum atomic E-state index is 12.3. The summed E-state index contributed by atoms with van der Waals surface area (Å²) in [4.78, 5) is 12.3. The van der Waals surface area contributed by atoms with Crippen molar-refractivity contribution in [1.82, 2.24) is 15.4 Å². The molecule has 0 fully saturated rings. The average Bonchev–Trinajstić information content (AvgIpc) is 3.06. The molecular weight excluding hydrogens is 294 g/mol. The normalized spacial score (nSPS) is 12.2. The van der Waals surface area contributed by atoms with Crippen LogP contribution in [0, 0.1) is 0 Å². The Hall–Kier alpha value is -2.73. The Balaban J connectivity index is 1.69. The molecule has 0 saturated heterocycles. The quantitative estimate of drug-likeness (QED) is 0.708. The first kappa shape index (κ1) is 15.2. The van der Waals surface area contributed by atoms with Crippen LogP contribution >= 0.6 is 0 Å². The van der Waals surface area contributed by atoms with E-state index in [0.717, 1.165) is 22.2 Å². The SMILES string of the molecule is CCO[C@H](C(=O)OCc1ccc2n[nH]nc2c1)c1ccccc1. The van der Waals surface area contributed by atoms with Crippen LogP contribution in [0.15, 0.2) is 48.5 Å². The lowest BCUT2D eigenvalue weighted by Crippen LogP contribution is -2.19. The summed E-state index contributed by atoms with van der Waals surface area (Å²) in [5.41, 5.74) is 3.15. The summed E-state index contributed by atoms with van der Waals surface area (Å²) in [7, 11) is 0. The Bertz CT molecular complexity index is 786. The zero-order valence-corrected chi connectivity index (χ0v) is 12.7. The van der Waals surface area contributed by atoms with Gasteiger partial charge in [-0.2, -0.15) is 15.4 Å². The number of ether oxygens (including phenoxy) is 2. The van der Waals surface area contributed by atoms with Gasteiger partial charge in [-0.25, -0.2) is 4.79 Å². The molecule has 0 aliphatic heterocycles. The molecule has 1 aromatic heterocycles. The van der Waals surface area contributed by atoms with Crippen LogP contribution in [0.2, 0.25) is 0 Å². The summed E-state index contributed by atoms with van der Waals surface area (Å²) in [6.45, 7) is 2.44. The summed E-state index contributed by atoms with van der Waals surface area (Å²) < 4.78 is 10.9. The highest BCUT2D eigenvalue weighted by Gasteiger charge is 2.22. The zero-order chi connectivity index (χ0) is 16.1. The first-order valence-electron chi connectivity index (χ1n) is 7.40. The number of nitrogens with one attached hydrogen (secondary N) is 1. The van der Waals surface area contributed by atoms with E-state index in [1.165, 1.54) is 0 Å². The molecule has 23 heavy (non-hydrogen) atoms. The van der Waals surface area contributed by atoms with Crippen molar-refractivity contribution in [3.63, 3.8) is 0 Å². The molecule has 0 amide bonds. The third kappa shape index (κ3) is 3.54. The standard InChI is InChI=1S/C17H17N3O3/c1-2-22-16(13-6-4-3-5-7-13)17(21)23-11-12-8-9-14-15(10-12)19-20-18-14/h3-10,16H,2,11H2,1H3,(H,18,19,20)/t16-/m0/s1. The smallest absolute Gasteiger partial charge is 0.340 e. The van der Waals surface area contributed by atoms with Crippen molar-refractivity contribution in [2.45, 2.75) is 19.6 Å². The zero-order valence-electron chi connectivity index (χ0n) is 12.7. The third-order valence-electron chi connectivity index (χ3n) is 3.41. The van der Waals surface area contributed by atoms with E-state index in [1.54, 1.807) is 0 Å². The Morgan fingerprint density at radius 2 is 1.91 bits per heavy atom. The minimum Gasteiger partial charge on any atom is -0.459 e. The summed E-state index contributed by atoms with van der Waals surface area (Å²) in [5.74, 6) is -0.404. The lowest BCUT2D eigenvalue weighted by Gasteiger charge is -2.16. The monoisotopic (exact) mass is 311 g/mol. The molecule has 0 radical (unpaired) electrons. The van der Waals surface area contributed by atoms with Crippen molar-refractivity contribution in [3.05, 3.63) is 59.7 Å². The Morgan fingerprint density at radius 3 is 2.70 bits per heavy atom. The number of fused-ring (bicyclic) bond motifs is 1. The fourth-order valence-corrected chi connectivity index (χ4v) is 2.30. The molecule has 0 aliphatic rings. The van der Waals surface area contributed by atoms with Gasteiger partial charge in [0.25, 0.3) is 0 Å². The molecule has 0 spiro atoms. The van der Waals surface area contributed by atoms with Crippen LogP contribution in [0.5, 0.6) is 0 Å². The minimum atomic E-state index is -0.711. The van der Waals surface area contributed by atoms with Crippen LogP contribution in [0.3, 0.4) is 0 Å². The van der Waals surface area contributed by atoms with Crippen LogP contribution < -0.4 is 0 Å². The van der Waals surface area contributed by atoms with Gasteiger partial charge in [-0.3, -0.25) is 0 Å². The van der Waals surface area contributed by atoms with Crippen LogP contribution in [0.4, 0.5) is 0 Å². The van der Waals surface area contributed by atoms with Gasteiger partial charge in [-0.05, 0) is 30.2 Å². The molecule has 2 aromatic carbocycles. The Kier molecular flexibility index (Phi) is 4.63. The van der Waals surface area contributed by atoms with Crippen molar-refractivity contribution in [1.29, 1.82) is 0 Å². The van der Waals surface area contributed by atoms with Crippen molar-refractivity contribution in [3.8, 4) is 0 Å². The molecular formula is C17H17N3O3. The van der Waals surface area contributed by atoms with Gasteiger partial charge >= 0.3 is 5.97 Å². The molecule has 0 aliphatic carbocycles. The number of benzene rings is 2. The summed E-state index contributed by atoms with van der Waals surface area (Å²) in [5, 5.41) is 10.6. The van der Waals surface area contributed by atoms with Crippen LogP contribution in [0.1, 0.15) is 24.2 Å². The predicted octanol–water partition coefficient (Wildman–Crippen LogP) is 2.78. The van der Waals surface area contributed by atoms with Gasteiger partial charge in [-0.1, -0.05) is 36.4 Å². The summed E-state index contributed by atoms with van der Waals surface area (Å²) >= 11 is 0. The van der Waals surface area contributed by atoms with Gasteiger partial charge in [0.2, 0.25) is 0 Å². The largest absolute Gasteiger partial charge is 0.459 e. The number of hydrogen-bond acceptors (Lipinski definition) is 5. The number of aromatic amines is 1. The second-order valence-electron chi connectivity index (χ2n) is 5.00. The number of H-pyrrole nitrogens is 1. The number of hydrogen-bond donors (Lipinski definition) is 1. The first-order chi connectivity index (χ1) is 11.3. The number of nitrogens with zero attached hydrogens (tertiary/aromatic N) is 2. The van der Waals surface area contributed by atoms with Crippen molar-refractivity contribution < 1.29 is 14.3 Å². The number of rotatable bonds is 6. The van der Waals surface area contributed by atoms with Gasteiger partial charge in [0.05, 0.1) is 0 Å². The molecule has 1 N–H and O–H groups in total. The molecule has 3 aromatic rings. The van der Waals surface area contributed by atoms with Crippen LogP contribution in [-0.4, -0.2) is 28.0 Å². The number of aromatic nitrogens is 3. The van der Waals surface area contributed by atoms with Crippen molar-refractivity contribution >= 4 is 17.0 Å². The fourth-order valence-electron chi connectivity index (χ4n) is 2.30. The molecule has 0 unspecified atom stereocenters. The molecule has 0 saturated carbocycles. The van der Waals surface area contributed by atoms with Crippen molar-refractivity contribution in [2.24, 2.45) is 0 Å². The highest BCUT2D eigenvalue weighted by atomic mass is 16.6. The molecule has 1 atom stereocenters. The van der Waals surface area contributed by atoms with Gasteiger partial charge in [0.1, 0.15) is 17.6 Å². The first-order valence-corrected chi connectivity index (χ1v) is 7.40. The van der Waals surface area contributed by atoms with E-state index in [1.807, 2.05) is 55.5 Å². The molecule has 1 heterocycles. The second kappa shape index (κ2) is 7.02. The van der Waals surface area contributed by atoms with E-state index >= 15 is 0 Å². The number of carbonyl (C=O) groups excluding carboxylic acids is 1. The minimum absolute atomic E-state index is 0.165. The van der Waals surface area contributed by atoms with Gasteiger partial charge in [0.15, 0.2) is 6.10 Å². The maximum Gasteiger partial charge on any atom is 0.340 e. The number of carbonyl (C=O) groups is 1. The van der Waals surface area contributed by atoms with E-state index in [9.17, 15) is 4.79 Å². The highest BCUT2D eigenvalue weighted by Crippen LogP contribution is 2.20. The Labute approximate surface area is 133 Å². The highest BCUT2D eigenvalue weighted by molar-refractivity contribution is 5.77. The molecule has 6 heteroatoms. The third-order valence-corrected chi connectivity index (χ3v) is 3.41. The summed E-state index contributed by atoms with van der Waals surface area (Å²) in [6, 6.07) is 14.9. The summed E-state index contributed by atoms with van der Waals surface area (Å²) in [6.07, 6.45) is -0.711. The van der Waals surface area contributed by atoms with Gasteiger partial charge in [0, 0.05) is 6.61 Å². The lowest BCUT2D eigenvalue weighted by atomic mass is 10.1. The topological polar surface area (TPSA) is 77.1 Å². The van der Waals surface area contributed by atoms with E-state index in [-0.39, 0.29) is 6.61 Å². The Morgan fingerprint density at radius 1 is 1.13 bits per heavy atom. The fraction of sp³-hybridized carbons (Fsp3) is 0.235. The van der Waals surface area contributed by atoms with E-state index in [4.69, 9.17) is 9.47 Å². The van der Waals surface area contributed by atoms with Gasteiger partial charge < -0.3 is 9.47 Å². The van der Waals surface area contributed by atoms with Crippen LogP contribution in [-0.2, 0) is 20.9 Å². The average molecular weight is 311 g/mol. The molecule has 0 bridgehead atoms. The van der Waals surface area contributed by atoms with E-state index in [2.05, 4.69) is 15.4 Å². The molecule has 6 nitrogen and oxygen atoms in total. The predicted molar refractivity (Wildman–Crippen MR) is 84.5 cm³/mol. The molecule has 3 rings (SSSR count). The maximum absolute atomic E-state index is 12.3. The van der Waals surface area contributed by atoms with E-state index in [0.29, 0.717) is 6.61 Å². The van der Waals surface area contributed by atoms with Gasteiger partial charge in [-0.15, -0.1) is 0 Å². The van der Waals surface area contributed by atoms with E-state index < -0.39 is 12.1 Å². The van der Waals surface area contributed by atoms with Crippen molar-refractivity contribution in [2.75, 3.05) is 6.61 Å². The lowest BCUT2D eigenvalue weighted by molar-refractivity contribution is -0.158. The number of esters is 1. The second-order valence-corrected chi connectivity index (χ2v) is 5.00. The molecule has 118 valence electrons. The van der Waals surface area contributed by atoms with Crippen LogP contribution in [0.25, 0.3) is 11.0 Å².